The minimum Gasteiger partial charge on any atom is -0.384 e. The molecule has 106 valence electrons. The number of pyridine rings is 1. The Morgan fingerprint density at radius 2 is 1.85 bits per heavy atom. The second kappa shape index (κ2) is 4.99. The first-order valence-corrected chi connectivity index (χ1v) is 5.63. The van der Waals surface area contributed by atoms with E-state index in [1.165, 1.54) is 12.1 Å². The molecule has 0 atom stereocenters. The van der Waals surface area contributed by atoms with Gasteiger partial charge in [-0.05, 0) is 36.8 Å². The number of hydrogen-bond donors (Lipinski definition) is 2. The molecule has 7 heteroatoms. The lowest BCUT2D eigenvalue weighted by Gasteiger charge is -2.12. The number of nitrogens with zero attached hydrogens (tertiary/aromatic N) is 1. The molecular formula is C13H11F4N3. The van der Waals surface area contributed by atoms with Crippen molar-refractivity contribution in [1.29, 1.82) is 0 Å². The Morgan fingerprint density at radius 1 is 1.15 bits per heavy atom. The number of nitrogens with two attached hydrogens (primary N) is 1. The second-order valence-corrected chi connectivity index (χ2v) is 4.27. The molecule has 2 aromatic rings. The fourth-order valence-corrected chi connectivity index (χ4v) is 1.64. The van der Waals surface area contributed by atoms with E-state index in [1.54, 1.807) is 13.0 Å². The van der Waals surface area contributed by atoms with Crippen LogP contribution in [0.15, 0.2) is 30.3 Å². The summed E-state index contributed by atoms with van der Waals surface area (Å²) < 4.78 is 51.5. The number of rotatable bonds is 2. The molecule has 1 heterocycles. The maximum Gasteiger partial charge on any atom is 0.416 e. The Kier molecular flexibility index (Phi) is 3.52. The molecule has 0 radical (unpaired) electrons. The van der Waals surface area contributed by atoms with E-state index in [0.29, 0.717) is 5.56 Å². The molecule has 0 unspecified atom stereocenters. The van der Waals surface area contributed by atoms with Crippen molar-refractivity contribution < 1.29 is 17.6 Å². The Balaban J connectivity index is 2.36. The van der Waals surface area contributed by atoms with Crippen LogP contribution in [0, 0.1) is 12.7 Å². The summed E-state index contributed by atoms with van der Waals surface area (Å²) in [6, 6.07) is 5.80. The lowest BCUT2D eigenvalue weighted by molar-refractivity contribution is -0.137. The molecule has 0 aliphatic carbocycles. The first kappa shape index (κ1) is 14.1. The standard InChI is InChI=1S/C13H11F4N3/c1-7-2-3-10(9(14)4-7)19-12-6-8(13(15,16)17)5-11(18)20-12/h2-6H,1H3,(H3,18,19,20). The zero-order valence-corrected chi connectivity index (χ0v) is 10.4. The number of nitrogen functional groups attached to an aromatic ring is 1. The van der Waals surface area contributed by atoms with Gasteiger partial charge in [0.05, 0.1) is 11.3 Å². The number of alkyl halides is 3. The smallest absolute Gasteiger partial charge is 0.384 e. The molecule has 0 amide bonds. The topological polar surface area (TPSA) is 50.9 Å². The molecule has 1 aromatic carbocycles. The fourth-order valence-electron chi connectivity index (χ4n) is 1.64. The number of hydrogen-bond acceptors (Lipinski definition) is 3. The van der Waals surface area contributed by atoms with Crippen LogP contribution < -0.4 is 11.1 Å². The number of benzene rings is 1. The summed E-state index contributed by atoms with van der Waals surface area (Å²) in [4.78, 5) is 3.71. The van der Waals surface area contributed by atoms with Gasteiger partial charge < -0.3 is 11.1 Å². The second-order valence-electron chi connectivity index (χ2n) is 4.27. The van der Waals surface area contributed by atoms with Crippen LogP contribution in [-0.4, -0.2) is 4.98 Å². The van der Waals surface area contributed by atoms with Gasteiger partial charge in [0.25, 0.3) is 0 Å². The van der Waals surface area contributed by atoms with E-state index >= 15 is 0 Å². The highest BCUT2D eigenvalue weighted by molar-refractivity contribution is 5.60. The van der Waals surface area contributed by atoms with Crippen molar-refractivity contribution in [1.82, 2.24) is 4.98 Å². The van der Waals surface area contributed by atoms with E-state index < -0.39 is 17.6 Å². The first-order valence-electron chi connectivity index (χ1n) is 5.63. The minimum absolute atomic E-state index is 0.0295. The highest BCUT2D eigenvalue weighted by atomic mass is 19.4. The molecule has 0 aliphatic rings. The van der Waals surface area contributed by atoms with Crippen LogP contribution in [0.5, 0.6) is 0 Å². The molecule has 0 fully saturated rings. The number of nitrogens with one attached hydrogen (secondary N) is 1. The third-order valence-corrected chi connectivity index (χ3v) is 2.56. The number of anilines is 3. The fraction of sp³-hybridized carbons (Fsp3) is 0.154. The average Bonchev–Trinajstić information content (AvgIpc) is 2.31. The third kappa shape index (κ3) is 3.17. The van der Waals surface area contributed by atoms with Gasteiger partial charge in [-0.1, -0.05) is 6.07 Å². The van der Waals surface area contributed by atoms with Crippen molar-refractivity contribution in [2.45, 2.75) is 13.1 Å². The van der Waals surface area contributed by atoms with Gasteiger partial charge >= 0.3 is 6.18 Å². The van der Waals surface area contributed by atoms with Gasteiger partial charge in [0.15, 0.2) is 0 Å². The van der Waals surface area contributed by atoms with Crippen LogP contribution in [0.1, 0.15) is 11.1 Å². The van der Waals surface area contributed by atoms with Crippen molar-refractivity contribution >= 4 is 17.3 Å². The van der Waals surface area contributed by atoms with Gasteiger partial charge in [-0.2, -0.15) is 13.2 Å². The van der Waals surface area contributed by atoms with Crippen molar-refractivity contribution in [2.24, 2.45) is 0 Å². The van der Waals surface area contributed by atoms with Gasteiger partial charge in [-0.3, -0.25) is 0 Å². The normalized spacial score (nSPS) is 11.4. The van der Waals surface area contributed by atoms with Gasteiger partial charge in [0, 0.05) is 0 Å². The van der Waals surface area contributed by atoms with Crippen molar-refractivity contribution in [2.75, 3.05) is 11.1 Å². The van der Waals surface area contributed by atoms with Crippen molar-refractivity contribution in [3.63, 3.8) is 0 Å². The van der Waals surface area contributed by atoms with E-state index in [-0.39, 0.29) is 17.3 Å². The summed E-state index contributed by atoms with van der Waals surface area (Å²) in [5.74, 6) is -1.04. The summed E-state index contributed by atoms with van der Waals surface area (Å²) in [5, 5.41) is 2.49. The maximum absolute atomic E-state index is 13.6. The van der Waals surface area contributed by atoms with Crippen LogP contribution in [0.4, 0.5) is 34.9 Å². The van der Waals surface area contributed by atoms with E-state index in [9.17, 15) is 17.6 Å². The molecule has 0 spiro atoms. The average molecular weight is 285 g/mol. The van der Waals surface area contributed by atoms with Crippen LogP contribution in [0.25, 0.3) is 0 Å². The lowest BCUT2D eigenvalue weighted by Crippen LogP contribution is -2.08. The summed E-state index contributed by atoms with van der Waals surface area (Å²) in [5.41, 5.74) is 5.11. The Hall–Kier alpha value is -2.31. The summed E-state index contributed by atoms with van der Waals surface area (Å²) >= 11 is 0. The lowest BCUT2D eigenvalue weighted by atomic mass is 10.2. The van der Waals surface area contributed by atoms with E-state index in [1.807, 2.05) is 0 Å². The predicted octanol–water partition coefficient (Wildman–Crippen LogP) is 3.87. The van der Waals surface area contributed by atoms with Crippen molar-refractivity contribution in [3.05, 3.63) is 47.3 Å². The van der Waals surface area contributed by atoms with E-state index in [4.69, 9.17) is 5.73 Å². The SMILES string of the molecule is Cc1ccc(Nc2cc(C(F)(F)F)cc(N)n2)c(F)c1. The zero-order chi connectivity index (χ0) is 14.9. The monoisotopic (exact) mass is 285 g/mol. The van der Waals surface area contributed by atoms with Gasteiger partial charge in [-0.25, -0.2) is 9.37 Å². The van der Waals surface area contributed by atoms with Gasteiger partial charge in [0.2, 0.25) is 0 Å². The quantitative estimate of drug-likeness (QED) is 0.823. The molecule has 20 heavy (non-hydrogen) atoms. The zero-order valence-electron chi connectivity index (χ0n) is 10.4. The third-order valence-electron chi connectivity index (χ3n) is 2.56. The number of halogens is 4. The maximum atomic E-state index is 13.6. The Labute approximate surface area is 112 Å². The molecule has 3 nitrogen and oxygen atoms in total. The molecule has 0 aliphatic heterocycles. The van der Waals surface area contributed by atoms with Crippen LogP contribution in [0.2, 0.25) is 0 Å². The summed E-state index contributed by atoms with van der Waals surface area (Å²) in [6.45, 7) is 1.70. The van der Waals surface area contributed by atoms with E-state index in [2.05, 4.69) is 10.3 Å². The molecule has 0 bridgehead atoms. The molecule has 2 rings (SSSR count). The number of aromatic nitrogens is 1. The highest BCUT2D eigenvalue weighted by Gasteiger charge is 2.31. The predicted molar refractivity (Wildman–Crippen MR) is 68.1 cm³/mol. The molecule has 0 saturated carbocycles. The Bertz CT molecular complexity index is 638. The van der Waals surface area contributed by atoms with E-state index in [0.717, 1.165) is 12.1 Å². The summed E-state index contributed by atoms with van der Waals surface area (Å²) in [6.07, 6.45) is -4.54. The van der Waals surface area contributed by atoms with Crippen molar-refractivity contribution in [3.8, 4) is 0 Å². The van der Waals surface area contributed by atoms with Crippen LogP contribution in [0.3, 0.4) is 0 Å². The molecular weight excluding hydrogens is 274 g/mol. The molecule has 0 saturated heterocycles. The minimum atomic E-state index is -4.54. The first-order chi connectivity index (χ1) is 9.25. The molecule has 1 aromatic heterocycles. The Morgan fingerprint density at radius 3 is 2.45 bits per heavy atom. The number of aryl methyl sites for hydroxylation is 1. The molecule has 3 N–H and O–H groups in total. The van der Waals surface area contributed by atoms with Gasteiger partial charge in [-0.15, -0.1) is 0 Å². The highest BCUT2D eigenvalue weighted by Crippen LogP contribution is 2.32. The van der Waals surface area contributed by atoms with Crippen LogP contribution in [-0.2, 0) is 6.18 Å². The van der Waals surface area contributed by atoms with Gasteiger partial charge in [0.1, 0.15) is 17.5 Å². The van der Waals surface area contributed by atoms with Crippen LogP contribution >= 0.6 is 0 Å². The summed E-state index contributed by atoms with van der Waals surface area (Å²) in [7, 11) is 0. The largest absolute Gasteiger partial charge is 0.416 e.